The summed E-state index contributed by atoms with van der Waals surface area (Å²) in [6, 6.07) is 0. The van der Waals surface area contributed by atoms with Crippen molar-refractivity contribution in [1.29, 1.82) is 0 Å². The van der Waals surface area contributed by atoms with Gasteiger partial charge in [-0.25, -0.2) is 4.79 Å². The summed E-state index contributed by atoms with van der Waals surface area (Å²) in [6.07, 6.45) is 0.736. The highest BCUT2D eigenvalue weighted by Crippen LogP contribution is 2.14. The van der Waals surface area contributed by atoms with Crippen LogP contribution in [0, 0.1) is 13.8 Å². The predicted octanol–water partition coefficient (Wildman–Crippen LogP) is 0.575. The van der Waals surface area contributed by atoms with Crippen LogP contribution in [-0.2, 0) is 27.8 Å². The van der Waals surface area contributed by atoms with Gasteiger partial charge in [0.05, 0.1) is 12.3 Å². The van der Waals surface area contributed by atoms with E-state index in [-0.39, 0.29) is 18.9 Å². The van der Waals surface area contributed by atoms with E-state index in [0.29, 0.717) is 6.42 Å². The van der Waals surface area contributed by atoms with E-state index in [2.05, 4.69) is 10.4 Å². The largest absolute Gasteiger partial charge is 0.479 e. The quantitative estimate of drug-likeness (QED) is 0.767. The number of aryl methyl sites for hydroxylation is 2. The molecule has 2 N–H and O–H groups in total. The average molecular weight is 297 g/mol. The number of carbonyl (C=O) groups is 2. The van der Waals surface area contributed by atoms with Crippen LogP contribution in [0.5, 0.6) is 0 Å². The van der Waals surface area contributed by atoms with Crippen molar-refractivity contribution >= 4 is 11.9 Å². The van der Waals surface area contributed by atoms with Crippen molar-refractivity contribution in [2.24, 2.45) is 7.05 Å². The number of aromatic nitrogens is 2. The van der Waals surface area contributed by atoms with Crippen LogP contribution >= 0.6 is 0 Å². The molecule has 1 rings (SSSR count). The molecular formula is C14H23N3O4. The van der Waals surface area contributed by atoms with Gasteiger partial charge in [0.1, 0.15) is 0 Å². The number of nitrogens with zero attached hydrogens (tertiary/aromatic N) is 2. The second kappa shape index (κ2) is 6.71. The highest BCUT2D eigenvalue weighted by Gasteiger charge is 2.34. The lowest BCUT2D eigenvalue weighted by atomic mass is 10.0. The zero-order valence-electron chi connectivity index (χ0n) is 13.2. The number of ether oxygens (including phenoxy) is 1. The fourth-order valence-corrected chi connectivity index (χ4v) is 2.23. The molecule has 0 aromatic carbocycles. The molecule has 0 radical (unpaired) electrons. The molecule has 0 saturated heterocycles. The predicted molar refractivity (Wildman–Crippen MR) is 77.1 cm³/mol. The molecule has 0 aliphatic rings. The van der Waals surface area contributed by atoms with Crippen LogP contribution in [0.4, 0.5) is 0 Å². The monoisotopic (exact) mass is 297 g/mol. The second-order valence-corrected chi connectivity index (χ2v) is 5.39. The molecular weight excluding hydrogens is 274 g/mol. The standard InChI is InChI=1S/C14H23N3O4/c1-9-11(10(2)17(4)16-9)6-7-12(18)15-14(3,8-21-5)13(19)20/h6-8H2,1-5H3,(H,15,18)(H,19,20). The summed E-state index contributed by atoms with van der Waals surface area (Å²) >= 11 is 0. The van der Waals surface area contributed by atoms with Gasteiger partial charge in [0.15, 0.2) is 5.54 Å². The van der Waals surface area contributed by atoms with Crippen LogP contribution in [0.2, 0.25) is 0 Å². The topological polar surface area (TPSA) is 93.5 Å². The number of carboxylic acid groups (broad SMARTS) is 1. The van der Waals surface area contributed by atoms with Crippen LogP contribution in [0.1, 0.15) is 30.3 Å². The van der Waals surface area contributed by atoms with Gasteiger partial charge in [-0.15, -0.1) is 0 Å². The molecule has 0 fully saturated rings. The molecule has 1 aromatic heterocycles. The smallest absolute Gasteiger partial charge is 0.331 e. The molecule has 1 amide bonds. The Morgan fingerprint density at radius 1 is 1.43 bits per heavy atom. The summed E-state index contributed by atoms with van der Waals surface area (Å²) in [7, 11) is 3.25. The first-order valence-electron chi connectivity index (χ1n) is 6.73. The van der Waals surface area contributed by atoms with E-state index in [1.165, 1.54) is 14.0 Å². The fourth-order valence-electron chi connectivity index (χ4n) is 2.23. The fraction of sp³-hybridized carbons (Fsp3) is 0.643. The molecule has 0 saturated carbocycles. The van der Waals surface area contributed by atoms with Gasteiger partial charge in [-0.1, -0.05) is 0 Å². The Kier molecular flexibility index (Phi) is 5.48. The summed E-state index contributed by atoms with van der Waals surface area (Å²) < 4.78 is 6.64. The molecule has 1 unspecified atom stereocenters. The van der Waals surface area contributed by atoms with E-state index in [0.717, 1.165) is 17.0 Å². The van der Waals surface area contributed by atoms with E-state index in [9.17, 15) is 14.7 Å². The second-order valence-electron chi connectivity index (χ2n) is 5.39. The normalized spacial score (nSPS) is 13.8. The van der Waals surface area contributed by atoms with Crippen LogP contribution in [0.3, 0.4) is 0 Å². The highest BCUT2D eigenvalue weighted by atomic mass is 16.5. The maximum Gasteiger partial charge on any atom is 0.331 e. The Morgan fingerprint density at radius 3 is 2.48 bits per heavy atom. The summed E-state index contributed by atoms with van der Waals surface area (Å²) in [4.78, 5) is 23.2. The van der Waals surface area contributed by atoms with Gasteiger partial charge in [-0.3, -0.25) is 9.48 Å². The van der Waals surface area contributed by atoms with E-state index in [1.807, 2.05) is 20.9 Å². The van der Waals surface area contributed by atoms with Crippen LogP contribution in [0.25, 0.3) is 0 Å². The number of nitrogens with one attached hydrogen (secondary N) is 1. The van der Waals surface area contributed by atoms with Crippen molar-refractivity contribution in [3.8, 4) is 0 Å². The molecule has 1 atom stereocenters. The van der Waals surface area contributed by atoms with Gasteiger partial charge in [0.2, 0.25) is 5.91 Å². The summed E-state index contributed by atoms with van der Waals surface area (Å²) in [5, 5.41) is 16.0. The SMILES string of the molecule is COCC(C)(NC(=O)CCc1c(C)nn(C)c1C)C(=O)O. The summed E-state index contributed by atoms with van der Waals surface area (Å²) in [6.45, 7) is 5.18. The first-order chi connectivity index (χ1) is 9.71. The van der Waals surface area contributed by atoms with Crippen molar-refractivity contribution in [2.45, 2.75) is 39.2 Å². The number of amides is 1. The number of carboxylic acids is 1. The van der Waals surface area contributed by atoms with Gasteiger partial charge in [0, 0.05) is 26.3 Å². The Balaban J connectivity index is 2.67. The van der Waals surface area contributed by atoms with E-state index < -0.39 is 11.5 Å². The molecule has 0 spiro atoms. The first kappa shape index (κ1) is 17.2. The van der Waals surface area contributed by atoms with E-state index in [1.54, 1.807) is 4.68 Å². The maximum atomic E-state index is 12.0. The number of hydrogen-bond acceptors (Lipinski definition) is 4. The minimum Gasteiger partial charge on any atom is -0.479 e. The maximum absolute atomic E-state index is 12.0. The average Bonchev–Trinajstić information content (AvgIpc) is 2.61. The minimum atomic E-state index is -1.41. The Morgan fingerprint density at radius 2 is 2.05 bits per heavy atom. The third kappa shape index (κ3) is 4.04. The molecule has 1 aromatic rings. The van der Waals surface area contributed by atoms with Crippen LogP contribution < -0.4 is 5.32 Å². The molecule has 0 aliphatic carbocycles. The van der Waals surface area contributed by atoms with E-state index in [4.69, 9.17) is 4.74 Å². The van der Waals surface area contributed by atoms with E-state index >= 15 is 0 Å². The van der Waals surface area contributed by atoms with Gasteiger partial charge in [-0.2, -0.15) is 5.10 Å². The van der Waals surface area contributed by atoms with Crippen molar-refractivity contribution in [2.75, 3.05) is 13.7 Å². The molecule has 21 heavy (non-hydrogen) atoms. The van der Waals surface area contributed by atoms with Crippen molar-refractivity contribution in [3.63, 3.8) is 0 Å². The summed E-state index contributed by atoms with van der Waals surface area (Å²) in [5.41, 5.74) is 1.51. The minimum absolute atomic E-state index is 0.0843. The Labute approximate surface area is 124 Å². The van der Waals surface area contributed by atoms with Gasteiger partial charge < -0.3 is 15.2 Å². The Hall–Kier alpha value is -1.89. The van der Waals surface area contributed by atoms with Gasteiger partial charge in [0.25, 0.3) is 0 Å². The zero-order valence-corrected chi connectivity index (χ0v) is 13.2. The lowest BCUT2D eigenvalue weighted by Crippen LogP contribution is -2.55. The van der Waals surface area contributed by atoms with Gasteiger partial charge >= 0.3 is 5.97 Å². The van der Waals surface area contributed by atoms with Crippen molar-refractivity contribution in [1.82, 2.24) is 15.1 Å². The molecule has 0 bridgehead atoms. The third-order valence-corrected chi connectivity index (χ3v) is 3.58. The van der Waals surface area contributed by atoms with Crippen molar-refractivity contribution < 1.29 is 19.4 Å². The summed E-state index contributed by atoms with van der Waals surface area (Å²) in [5.74, 6) is -1.44. The molecule has 7 heteroatoms. The zero-order chi connectivity index (χ0) is 16.2. The molecule has 7 nitrogen and oxygen atoms in total. The Bertz CT molecular complexity index is 539. The van der Waals surface area contributed by atoms with Crippen molar-refractivity contribution in [3.05, 3.63) is 17.0 Å². The highest BCUT2D eigenvalue weighted by molar-refractivity contribution is 5.86. The molecule has 1 heterocycles. The number of aliphatic carboxylic acids is 1. The number of rotatable bonds is 7. The number of methoxy groups -OCH3 is 1. The number of carbonyl (C=O) groups excluding carboxylic acids is 1. The lowest BCUT2D eigenvalue weighted by molar-refractivity contribution is -0.149. The first-order valence-corrected chi connectivity index (χ1v) is 6.73. The molecule has 118 valence electrons. The van der Waals surface area contributed by atoms with Crippen LogP contribution in [0.15, 0.2) is 0 Å². The number of hydrogen-bond donors (Lipinski definition) is 2. The lowest BCUT2D eigenvalue weighted by Gasteiger charge is -2.25. The molecule has 0 aliphatic heterocycles. The van der Waals surface area contributed by atoms with Crippen LogP contribution in [-0.4, -0.2) is 46.0 Å². The van der Waals surface area contributed by atoms with Gasteiger partial charge in [-0.05, 0) is 32.8 Å². The third-order valence-electron chi connectivity index (χ3n) is 3.58.